The molecule has 114 valence electrons. The van der Waals surface area contributed by atoms with E-state index < -0.39 is 5.97 Å². The first-order valence-electron chi connectivity index (χ1n) is 7.41. The van der Waals surface area contributed by atoms with Crippen molar-refractivity contribution in [1.29, 1.82) is 0 Å². The zero-order chi connectivity index (χ0) is 16.3. The van der Waals surface area contributed by atoms with Crippen molar-refractivity contribution >= 4 is 50.0 Å². The highest BCUT2D eigenvalue weighted by atomic mass is 16.4. The number of nitrogens with one attached hydrogen (secondary N) is 1. The lowest BCUT2D eigenvalue weighted by atomic mass is 10.1. The molecule has 24 heavy (non-hydrogen) atoms. The number of rotatable bonds is 1. The summed E-state index contributed by atoms with van der Waals surface area (Å²) in [4.78, 5) is 28.1. The van der Waals surface area contributed by atoms with Crippen LogP contribution >= 0.6 is 0 Å². The maximum Gasteiger partial charge on any atom is 0.337 e. The number of aromatic amines is 1. The Morgan fingerprint density at radius 2 is 1.88 bits per heavy atom. The van der Waals surface area contributed by atoms with Crippen LogP contribution < -0.4 is 0 Å². The van der Waals surface area contributed by atoms with E-state index in [9.17, 15) is 4.79 Å². The van der Waals surface area contributed by atoms with Crippen molar-refractivity contribution in [3.8, 4) is 0 Å². The predicted octanol–water partition coefficient (Wildman–Crippen LogP) is 3.51. The van der Waals surface area contributed by atoms with E-state index in [1.807, 2.05) is 36.4 Å². The number of carboxylic acid groups (broad SMARTS) is 1. The van der Waals surface area contributed by atoms with E-state index in [0.29, 0.717) is 11.0 Å². The lowest BCUT2D eigenvalue weighted by Crippen LogP contribution is -1.98. The third kappa shape index (κ3) is 1.70. The minimum absolute atomic E-state index is 0.156. The molecule has 0 bridgehead atoms. The summed E-state index contributed by atoms with van der Waals surface area (Å²) in [6.45, 7) is 0. The summed E-state index contributed by atoms with van der Waals surface area (Å²) in [5, 5.41) is 10.9. The van der Waals surface area contributed by atoms with E-state index in [1.54, 1.807) is 6.07 Å². The van der Waals surface area contributed by atoms with Gasteiger partial charge in [-0.15, -0.1) is 0 Å². The van der Waals surface area contributed by atoms with E-state index in [1.165, 1.54) is 6.20 Å². The minimum atomic E-state index is -0.998. The zero-order valence-corrected chi connectivity index (χ0v) is 12.3. The van der Waals surface area contributed by atoms with Crippen LogP contribution in [0.5, 0.6) is 0 Å². The first-order chi connectivity index (χ1) is 11.7. The molecular weight excluding hydrogens is 304 g/mol. The molecule has 0 atom stereocenters. The molecule has 0 spiro atoms. The second-order valence-electron chi connectivity index (χ2n) is 5.63. The molecule has 5 rings (SSSR count). The second kappa shape index (κ2) is 4.48. The van der Waals surface area contributed by atoms with Crippen LogP contribution in [0.1, 0.15) is 10.4 Å². The molecule has 6 nitrogen and oxygen atoms in total. The van der Waals surface area contributed by atoms with Gasteiger partial charge in [-0.25, -0.2) is 14.8 Å². The number of aromatic carboxylic acids is 1. The minimum Gasteiger partial charge on any atom is -0.478 e. The number of hydrogen-bond acceptors (Lipinski definition) is 4. The monoisotopic (exact) mass is 314 g/mol. The van der Waals surface area contributed by atoms with Gasteiger partial charge < -0.3 is 10.1 Å². The number of pyridine rings is 1. The van der Waals surface area contributed by atoms with Gasteiger partial charge in [0.25, 0.3) is 0 Å². The number of para-hydroxylation sites is 1. The van der Waals surface area contributed by atoms with Crippen molar-refractivity contribution in [2.24, 2.45) is 0 Å². The Morgan fingerprint density at radius 3 is 2.75 bits per heavy atom. The van der Waals surface area contributed by atoms with Gasteiger partial charge >= 0.3 is 5.97 Å². The van der Waals surface area contributed by atoms with Crippen molar-refractivity contribution in [3.05, 3.63) is 54.2 Å². The zero-order valence-electron chi connectivity index (χ0n) is 12.3. The Bertz CT molecular complexity index is 1290. The fourth-order valence-electron chi connectivity index (χ4n) is 3.03. The van der Waals surface area contributed by atoms with Crippen LogP contribution in [0.15, 0.2) is 48.7 Å². The summed E-state index contributed by atoms with van der Waals surface area (Å²) in [7, 11) is 0. The van der Waals surface area contributed by atoms with Gasteiger partial charge in [0.15, 0.2) is 5.65 Å². The molecule has 3 heterocycles. The van der Waals surface area contributed by atoms with Crippen molar-refractivity contribution in [2.75, 3.05) is 0 Å². The molecule has 5 aromatic rings. The van der Waals surface area contributed by atoms with E-state index in [-0.39, 0.29) is 5.56 Å². The number of carboxylic acids is 1. The molecular formula is C18H10N4O2. The van der Waals surface area contributed by atoms with Gasteiger partial charge in [-0.1, -0.05) is 24.3 Å². The average Bonchev–Trinajstić information content (AvgIpc) is 2.96. The standard InChI is InChI=1S/C18H10N4O2/c23-18(24)10-7-9-5-6-13-16(14(9)19-8-10)22-15-11-3-1-2-4-12(11)20-17(15)21-13/h1-8H,(H,20,21)(H,23,24). The molecule has 0 saturated heterocycles. The van der Waals surface area contributed by atoms with E-state index in [4.69, 9.17) is 10.1 Å². The maximum atomic E-state index is 11.1. The highest BCUT2D eigenvalue weighted by molar-refractivity contribution is 6.10. The van der Waals surface area contributed by atoms with Gasteiger partial charge in [0.05, 0.1) is 16.6 Å². The van der Waals surface area contributed by atoms with Crippen LogP contribution in [0.4, 0.5) is 0 Å². The molecule has 0 radical (unpaired) electrons. The third-order valence-corrected chi connectivity index (χ3v) is 4.17. The third-order valence-electron chi connectivity index (χ3n) is 4.17. The van der Waals surface area contributed by atoms with Crippen molar-refractivity contribution < 1.29 is 9.90 Å². The number of nitrogens with zero attached hydrogens (tertiary/aromatic N) is 3. The van der Waals surface area contributed by atoms with Crippen LogP contribution in [0.3, 0.4) is 0 Å². The fourth-order valence-corrected chi connectivity index (χ4v) is 3.03. The first-order valence-corrected chi connectivity index (χ1v) is 7.41. The first kappa shape index (κ1) is 13.0. The lowest BCUT2D eigenvalue weighted by molar-refractivity contribution is 0.0696. The van der Waals surface area contributed by atoms with Crippen LogP contribution in [0.25, 0.3) is 44.0 Å². The van der Waals surface area contributed by atoms with E-state index >= 15 is 0 Å². The normalized spacial score (nSPS) is 11.7. The smallest absolute Gasteiger partial charge is 0.337 e. The number of carbonyl (C=O) groups is 1. The van der Waals surface area contributed by atoms with E-state index in [0.717, 1.165) is 33.0 Å². The number of H-pyrrole nitrogens is 1. The highest BCUT2D eigenvalue weighted by Gasteiger charge is 2.12. The van der Waals surface area contributed by atoms with Crippen LogP contribution in [-0.2, 0) is 0 Å². The van der Waals surface area contributed by atoms with Gasteiger partial charge in [-0.3, -0.25) is 4.98 Å². The largest absolute Gasteiger partial charge is 0.478 e. The lowest BCUT2D eigenvalue weighted by Gasteiger charge is -2.03. The van der Waals surface area contributed by atoms with Gasteiger partial charge in [-0.05, 0) is 18.2 Å². The summed E-state index contributed by atoms with van der Waals surface area (Å²) >= 11 is 0. The molecule has 0 fully saturated rings. The summed E-state index contributed by atoms with van der Waals surface area (Å²) in [6.07, 6.45) is 1.35. The fraction of sp³-hybridized carbons (Fsp3) is 0. The SMILES string of the molecule is O=C(O)c1cnc2c(ccc3nc4[nH]c5ccccc5c4nc32)c1. The predicted molar refractivity (Wildman–Crippen MR) is 91.2 cm³/mol. The van der Waals surface area contributed by atoms with Crippen LogP contribution in [0, 0.1) is 0 Å². The summed E-state index contributed by atoms with van der Waals surface area (Å²) in [5.41, 5.74) is 4.69. The van der Waals surface area contributed by atoms with E-state index in [2.05, 4.69) is 15.0 Å². The van der Waals surface area contributed by atoms with Crippen LogP contribution in [-0.4, -0.2) is 31.0 Å². The molecule has 0 amide bonds. The Labute approximate surface area is 134 Å². The van der Waals surface area contributed by atoms with Crippen molar-refractivity contribution in [2.45, 2.75) is 0 Å². The molecule has 2 N–H and O–H groups in total. The molecule has 0 aliphatic rings. The average molecular weight is 314 g/mol. The molecule has 2 aromatic carbocycles. The van der Waals surface area contributed by atoms with Crippen molar-refractivity contribution in [3.63, 3.8) is 0 Å². The molecule has 6 heteroatoms. The molecule has 0 unspecified atom stereocenters. The quantitative estimate of drug-likeness (QED) is 0.462. The Hall–Kier alpha value is -3.54. The van der Waals surface area contributed by atoms with Gasteiger partial charge in [0, 0.05) is 22.5 Å². The Kier molecular flexibility index (Phi) is 2.42. The van der Waals surface area contributed by atoms with Gasteiger partial charge in [-0.2, -0.15) is 0 Å². The Balaban J connectivity index is 1.93. The number of hydrogen-bond donors (Lipinski definition) is 2. The summed E-state index contributed by atoms with van der Waals surface area (Å²) < 4.78 is 0. The maximum absolute atomic E-state index is 11.1. The number of fused-ring (bicyclic) bond motifs is 6. The number of aromatic nitrogens is 4. The molecule has 0 aliphatic heterocycles. The highest BCUT2D eigenvalue weighted by Crippen LogP contribution is 2.27. The second-order valence-corrected chi connectivity index (χ2v) is 5.63. The molecule has 3 aromatic heterocycles. The van der Waals surface area contributed by atoms with Gasteiger partial charge in [0.2, 0.25) is 0 Å². The summed E-state index contributed by atoms with van der Waals surface area (Å²) in [6, 6.07) is 13.2. The van der Waals surface area contributed by atoms with Crippen molar-refractivity contribution in [1.82, 2.24) is 19.9 Å². The number of benzene rings is 2. The van der Waals surface area contributed by atoms with Crippen LogP contribution in [0.2, 0.25) is 0 Å². The summed E-state index contributed by atoms with van der Waals surface area (Å²) in [5.74, 6) is -0.998. The Morgan fingerprint density at radius 1 is 1.00 bits per heavy atom. The molecule has 0 aliphatic carbocycles. The molecule has 0 saturated carbocycles. The topological polar surface area (TPSA) is 91.8 Å². The van der Waals surface area contributed by atoms with Gasteiger partial charge in [0.1, 0.15) is 11.0 Å².